The summed E-state index contributed by atoms with van der Waals surface area (Å²) in [5, 5.41) is 5.38. The van der Waals surface area contributed by atoms with Gasteiger partial charge in [-0.1, -0.05) is 28.1 Å². The second-order valence-corrected chi connectivity index (χ2v) is 8.20. The van der Waals surface area contributed by atoms with Gasteiger partial charge in [-0.15, -0.1) is 0 Å². The van der Waals surface area contributed by atoms with E-state index in [9.17, 15) is 4.79 Å². The summed E-state index contributed by atoms with van der Waals surface area (Å²) < 4.78 is 8.11. The summed E-state index contributed by atoms with van der Waals surface area (Å²) in [7, 11) is 0. The zero-order valence-corrected chi connectivity index (χ0v) is 18.9. The fourth-order valence-electron chi connectivity index (χ4n) is 3.57. The third-order valence-corrected chi connectivity index (χ3v) is 5.64. The van der Waals surface area contributed by atoms with Gasteiger partial charge in [-0.3, -0.25) is 0 Å². The van der Waals surface area contributed by atoms with Crippen molar-refractivity contribution in [2.24, 2.45) is 0 Å². The highest BCUT2D eigenvalue weighted by molar-refractivity contribution is 9.10. The molecule has 4 rings (SSSR count). The SMILES string of the molecule is CCOC(=O)c1cc(-c2cnn(-c3cc(C)ccc3C)c2C)nc2ccc(Br)cc12. The van der Waals surface area contributed by atoms with Crippen LogP contribution in [-0.4, -0.2) is 27.3 Å². The molecule has 0 radical (unpaired) electrons. The number of nitrogens with zero attached hydrogens (tertiary/aromatic N) is 3. The Labute approximate surface area is 183 Å². The molecule has 0 aliphatic carbocycles. The predicted molar refractivity (Wildman–Crippen MR) is 122 cm³/mol. The lowest BCUT2D eigenvalue weighted by Crippen LogP contribution is -2.07. The lowest BCUT2D eigenvalue weighted by molar-refractivity contribution is 0.0528. The molecule has 30 heavy (non-hydrogen) atoms. The summed E-state index contributed by atoms with van der Waals surface area (Å²) in [6.07, 6.45) is 1.80. The molecule has 6 heteroatoms. The maximum atomic E-state index is 12.7. The normalized spacial score (nSPS) is 11.1. The highest BCUT2D eigenvalue weighted by Gasteiger charge is 2.18. The van der Waals surface area contributed by atoms with Crippen molar-refractivity contribution in [2.75, 3.05) is 6.61 Å². The maximum absolute atomic E-state index is 12.7. The smallest absolute Gasteiger partial charge is 0.338 e. The van der Waals surface area contributed by atoms with Crippen LogP contribution >= 0.6 is 15.9 Å². The second kappa shape index (κ2) is 8.03. The van der Waals surface area contributed by atoms with Gasteiger partial charge in [0.15, 0.2) is 0 Å². The Morgan fingerprint density at radius 2 is 1.90 bits per heavy atom. The molecule has 2 heterocycles. The average molecular weight is 464 g/mol. The van der Waals surface area contributed by atoms with Crippen LogP contribution in [-0.2, 0) is 4.74 Å². The van der Waals surface area contributed by atoms with Gasteiger partial charge < -0.3 is 4.74 Å². The Morgan fingerprint density at radius 1 is 1.10 bits per heavy atom. The van der Waals surface area contributed by atoms with Crippen LogP contribution in [0.4, 0.5) is 0 Å². The largest absolute Gasteiger partial charge is 0.462 e. The topological polar surface area (TPSA) is 57.0 Å². The van der Waals surface area contributed by atoms with Crippen LogP contribution in [0.15, 0.2) is 53.1 Å². The average Bonchev–Trinajstić information content (AvgIpc) is 3.10. The number of pyridine rings is 1. The van der Waals surface area contributed by atoms with E-state index in [4.69, 9.17) is 9.72 Å². The first-order chi connectivity index (χ1) is 14.4. The van der Waals surface area contributed by atoms with Crippen LogP contribution in [0.3, 0.4) is 0 Å². The number of aromatic nitrogens is 3. The molecular weight excluding hydrogens is 442 g/mol. The molecule has 0 fully saturated rings. The van der Waals surface area contributed by atoms with Gasteiger partial charge in [0.2, 0.25) is 0 Å². The number of halogens is 1. The number of hydrogen-bond donors (Lipinski definition) is 0. The number of rotatable bonds is 4. The minimum absolute atomic E-state index is 0.315. The van der Waals surface area contributed by atoms with Crippen LogP contribution in [0.25, 0.3) is 27.8 Å². The number of hydrogen-bond acceptors (Lipinski definition) is 4. The van der Waals surface area contributed by atoms with E-state index in [0.29, 0.717) is 17.9 Å². The van der Waals surface area contributed by atoms with Gasteiger partial charge in [0, 0.05) is 15.4 Å². The minimum atomic E-state index is -0.358. The number of fused-ring (bicyclic) bond motifs is 1. The van der Waals surface area contributed by atoms with Crippen molar-refractivity contribution in [1.29, 1.82) is 0 Å². The molecule has 0 saturated carbocycles. The third kappa shape index (κ3) is 3.63. The van der Waals surface area contributed by atoms with Crippen molar-refractivity contribution in [3.05, 3.63) is 75.5 Å². The quantitative estimate of drug-likeness (QED) is 0.350. The van der Waals surface area contributed by atoms with E-state index >= 15 is 0 Å². The Morgan fingerprint density at radius 3 is 2.67 bits per heavy atom. The molecule has 0 amide bonds. The molecule has 2 aromatic heterocycles. The maximum Gasteiger partial charge on any atom is 0.338 e. The van der Waals surface area contributed by atoms with Gasteiger partial charge in [0.25, 0.3) is 0 Å². The van der Waals surface area contributed by atoms with Gasteiger partial charge in [-0.2, -0.15) is 5.10 Å². The second-order valence-electron chi connectivity index (χ2n) is 7.28. The number of benzene rings is 2. The van der Waals surface area contributed by atoms with Crippen molar-refractivity contribution in [3.63, 3.8) is 0 Å². The molecule has 0 N–H and O–H groups in total. The molecule has 0 aliphatic rings. The molecule has 0 unspecified atom stereocenters. The lowest BCUT2D eigenvalue weighted by atomic mass is 10.0. The first kappa shape index (κ1) is 20.3. The Hall–Kier alpha value is -2.99. The van der Waals surface area contributed by atoms with E-state index in [1.165, 1.54) is 5.56 Å². The van der Waals surface area contributed by atoms with Crippen LogP contribution in [0.5, 0.6) is 0 Å². The highest BCUT2D eigenvalue weighted by Crippen LogP contribution is 2.30. The summed E-state index contributed by atoms with van der Waals surface area (Å²) in [5.74, 6) is -0.358. The Balaban J connectivity index is 1.90. The minimum Gasteiger partial charge on any atom is -0.462 e. The summed E-state index contributed by atoms with van der Waals surface area (Å²) >= 11 is 3.48. The van der Waals surface area contributed by atoms with Gasteiger partial charge in [-0.25, -0.2) is 14.5 Å². The molecular formula is C24H22BrN3O2. The monoisotopic (exact) mass is 463 g/mol. The number of carbonyl (C=O) groups is 1. The van der Waals surface area contributed by atoms with E-state index in [0.717, 1.165) is 37.9 Å². The summed E-state index contributed by atoms with van der Waals surface area (Å²) in [4.78, 5) is 17.5. The Kier molecular flexibility index (Phi) is 5.43. The number of ether oxygens (including phenoxy) is 1. The van der Waals surface area contributed by atoms with E-state index in [1.54, 1.807) is 19.2 Å². The fourth-order valence-corrected chi connectivity index (χ4v) is 3.93. The molecule has 0 saturated heterocycles. The van der Waals surface area contributed by atoms with E-state index in [2.05, 4.69) is 53.1 Å². The highest BCUT2D eigenvalue weighted by atomic mass is 79.9. The molecule has 4 aromatic rings. The fraction of sp³-hybridized carbons (Fsp3) is 0.208. The molecule has 5 nitrogen and oxygen atoms in total. The van der Waals surface area contributed by atoms with Crippen molar-refractivity contribution >= 4 is 32.8 Å². The van der Waals surface area contributed by atoms with Crippen LogP contribution in [0, 0.1) is 20.8 Å². The molecule has 2 aromatic carbocycles. The van der Waals surface area contributed by atoms with E-state index in [-0.39, 0.29) is 5.97 Å². The standard InChI is InChI=1S/C24H22BrN3O2/c1-5-30-24(29)19-12-22(27-21-9-8-17(25)11-18(19)21)20-13-26-28(16(20)4)23-10-14(2)6-7-15(23)3/h6-13H,5H2,1-4H3. The first-order valence-corrected chi connectivity index (χ1v) is 10.6. The number of carbonyl (C=O) groups excluding carboxylic acids is 1. The summed E-state index contributed by atoms with van der Waals surface area (Å²) in [5.41, 5.74) is 7.12. The predicted octanol–water partition coefficient (Wildman–Crippen LogP) is 5.95. The molecule has 0 bridgehead atoms. The van der Waals surface area contributed by atoms with Crippen LogP contribution in [0.1, 0.15) is 34.1 Å². The van der Waals surface area contributed by atoms with Crippen molar-refractivity contribution in [2.45, 2.75) is 27.7 Å². The van der Waals surface area contributed by atoms with Crippen LogP contribution < -0.4 is 0 Å². The van der Waals surface area contributed by atoms with Crippen molar-refractivity contribution in [3.8, 4) is 16.9 Å². The van der Waals surface area contributed by atoms with Crippen molar-refractivity contribution in [1.82, 2.24) is 14.8 Å². The third-order valence-electron chi connectivity index (χ3n) is 5.14. The molecule has 0 aliphatic heterocycles. The van der Waals surface area contributed by atoms with Gasteiger partial charge in [0.1, 0.15) is 0 Å². The number of aryl methyl sites for hydroxylation is 2. The van der Waals surface area contributed by atoms with Crippen LogP contribution in [0.2, 0.25) is 0 Å². The van der Waals surface area contributed by atoms with E-state index in [1.807, 2.05) is 29.8 Å². The Bertz CT molecular complexity index is 1280. The zero-order chi connectivity index (χ0) is 21.4. The van der Waals surface area contributed by atoms with E-state index < -0.39 is 0 Å². The molecule has 0 atom stereocenters. The van der Waals surface area contributed by atoms with Gasteiger partial charge in [-0.05, 0) is 69.2 Å². The summed E-state index contributed by atoms with van der Waals surface area (Å²) in [6.45, 7) is 8.27. The first-order valence-electron chi connectivity index (χ1n) is 9.79. The molecule has 0 spiro atoms. The lowest BCUT2D eigenvalue weighted by Gasteiger charge is -2.11. The van der Waals surface area contributed by atoms with Gasteiger partial charge in [0.05, 0.1) is 41.0 Å². The summed E-state index contributed by atoms with van der Waals surface area (Å²) in [6, 6.07) is 13.8. The molecule has 152 valence electrons. The number of esters is 1. The van der Waals surface area contributed by atoms with Crippen molar-refractivity contribution < 1.29 is 9.53 Å². The zero-order valence-electron chi connectivity index (χ0n) is 17.4. The van der Waals surface area contributed by atoms with Gasteiger partial charge >= 0.3 is 5.97 Å².